The van der Waals surface area contributed by atoms with Crippen LogP contribution in [-0.4, -0.2) is 10.2 Å². The van der Waals surface area contributed by atoms with Crippen molar-refractivity contribution in [2.75, 3.05) is 5.32 Å². The summed E-state index contributed by atoms with van der Waals surface area (Å²) in [6.45, 7) is 0.755. The molecule has 3 aromatic rings. The second-order valence-electron chi connectivity index (χ2n) is 4.59. The van der Waals surface area contributed by atoms with Gasteiger partial charge in [-0.25, -0.2) is 0 Å². The van der Waals surface area contributed by atoms with Crippen LogP contribution in [-0.2, 0) is 12.3 Å². The van der Waals surface area contributed by atoms with Crippen molar-refractivity contribution in [3.63, 3.8) is 0 Å². The lowest BCUT2D eigenvalue weighted by molar-refractivity contribution is 0.995. The van der Waals surface area contributed by atoms with Gasteiger partial charge in [0.2, 0.25) is 5.13 Å². The van der Waals surface area contributed by atoms with E-state index in [2.05, 4.69) is 27.6 Å². The maximum absolute atomic E-state index is 6.15. The molecule has 3 nitrogen and oxygen atoms in total. The van der Waals surface area contributed by atoms with Gasteiger partial charge in [0.1, 0.15) is 0 Å². The van der Waals surface area contributed by atoms with Crippen molar-refractivity contribution in [2.45, 2.75) is 16.6 Å². The Balaban J connectivity index is 1.54. The largest absolute Gasteiger partial charge is 0.356 e. The normalized spacial score (nSPS) is 10.6. The molecule has 0 radical (unpaired) electrons. The molecule has 0 amide bonds. The number of nitrogens with one attached hydrogen (secondary N) is 1. The van der Waals surface area contributed by atoms with Crippen molar-refractivity contribution in [3.8, 4) is 0 Å². The van der Waals surface area contributed by atoms with Crippen molar-refractivity contribution in [1.82, 2.24) is 10.2 Å². The number of anilines is 1. The fraction of sp³-hybridized carbons (Fsp3) is 0.125. The highest BCUT2D eigenvalue weighted by Gasteiger charge is 2.06. The van der Waals surface area contributed by atoms with E-state index in [0.29, 0.717) is 0 Å². The van der Waals surface area contributed by atoms with Crippen LogP contribution in [0.5, 0.6) is 0 Å². The van der Waals surface area contributed by atoms with Gasteiger partial charge in [0.25, 0.3) is 0 Å². The molecule has 0 unspecified atom stereocenters. The Morgan fingerprint density at radius 2 is 1.77 bits per heavy atom. The fourth-order valence-corrected chi connectivity index (χ4v) is 3.90. The zero-order valence-electron chi connectivity index (χ0n) is 11.7. The molecule has 0 aliphatic rings. The molecule has 6 heteroatoms. The Bertz CT molecular complexity index is 731. The summed E-state index contributed by atoms with van der Waals surface area (Å²) in [5, 5.41) is 13.3. The first kappa shape index (κ1) is 15.3. The fourth-order valence-electron chi connectivity index (χ4n) is 1.87. The van der Waals surface area contributed by atoms with Crippen molar-refractivity contribution in [1.29, 1.82) is 0 Å². The Hall–Kier alpha value is -1.56. The minimum absolute atomic E-state index is 0.755. The highest BCUT2D eigenvalue weighted by atomic mass is 35.5. The van der Waals surface area contributed by atoms with E-state index in [1.807, 2.05) is 42.5 Å². The first-order valence-electron chi connectivity index (χ1n) is 6.79. The average molecular weight is 348 g/mol. The van der Waals surface area contributed by atoms with Gasteiger partial charge in [0, 0.05) is 17.3 Å². The van der Waals surface area contributed by atoms with E-state index in [9.17, 15) is 0 Å². The Labute approximate surface area is 142 Å². The summed E-state index contributed by atoms with van der Waals surface area (Å²) in [6, 6.07) is 18.1. The molecule has 0 bridgehead atoms. The lowest BCUT2D eigenvalue weighted by atomic mass is 10.2. The van der Waals surface area contributed by atoms with E-state index in [-0.39, 0.29) is 0 Å². The minimum atomic E-state index is 0.755. The van der Waals surface area contributed by atoms with Crippen LogP contribution in [0, 0.1) is 0 Å². The molecule has 0 spiro atoms. The van der Waals surface area contributed by atoms with Gasteiger partial charge in [-0.15, -0.1) is 10.2 Å². The first-order chi connectivity index (χ1) is 10.8. The molecule has 22 heavy (non-hydrogen) atoms. The Morgan fingerprint density at radius 1 is 1.00 bits per heavy atom. The zero-order chi connectivity index (χ0) is 15.2. The molecule has 0 aliphatic carbocycles. The van der Waals surface area contributed by atoms with Crippen LogP contribution in [0.4, 0.5) is 5.13 Å². The van der Waals surface area contributed by atoms with Crippen molar-refractivity contribution < 1.29 is 0 Å². The smallest absolute Gasteiger partial charge is 0.206 e. The van der Waals surface area contributed by atoms with E-state index < -0.39 is 0 Å². The number of halogens is 1. The lowest BCUT2D eigenvalue weighted by Gasteiger charge is -2.01. The summed E-state index contributed by atoms with van der Waals surface area (Å²) in [7, 11) is 0. The summed E-state index contributed by atoms with van der Waals surface area (Å²) < 4.78 is 0.940. The third-order valence-electron chi connectivity index (χ3n) is 3.00. The molecule has 1 N–H and O–H groups in total. The number of benzene rings is 2. The molecular formula is C16H14ClN3S2. The van der Waals surface area contributed by atoms with Crippen LogP contribution < -0.4 is 5.32 Å². The van der Waals surface area contributed by atoms with Gasteiger partial charge in [0.15, 0.2) is 4.34 Å². The summed E-state index contributed by atoms with van der Waals surface area (Å²) in [4.78, 5) is 0. The monoisotopic (exact) mass is 347 g/mol. The second kappa shape index (κ2) is 7.63. The predicted octanol–water partition coefficient (Wildman–Crippen LogP) is 5.10. The molecule has 0 aliphatic heterocycles. The van der Waals surface area contributed by atoms with Crippen LogP contribution in [0.25, 0.3) is 0 Å². The summed E-state index contributed by atoms with van der Waals surface area (Å²) in [5.74, 6) is 0.799. The highest BCUT2D eigenvalue weighted by Crippen LogP contribution is 2.30. The number of rotatable bonds is 6. The second-order valence-corrected chi connectivity index (χ2v) is 7.20. The average Bonchev–Trinajstić information content (AvgIpc) is 3.01. The van der Waals surface area contributed by atoms with Crippen molar-refractivity contribution >= 4 is 39.8 Å². The van der Waals surface area contributed by atoms with Crippen molar-refractivity contribution in [3.05, 3.63) is 70.7 Å². The minimum Gasteiger partial charge on any atom is -0.356 e. The van der Waals surface area contributed by atoms with Crippen molar-refractivity contribution in [2.24, 2.45) is 0 Å². The molecule has 0 saturated carbocycles. The number of thioether (sulfide) groups is 1. The summed E-state index contributed by atoms with van der Waals surface area (Å²) in [6.07, 6.45) is 0. The molecule has 1 heterocycles. The van der Waals surface area contributed by atoms with Crippen LogP contribution in [0.1, 0.15) is 11.1 Å². The number of hydrogen-bond donors (Lipinski definition) is 1. The number of aromatic nitrogens is 2. The highest BCUT2D eigenvalue weighted by molar-refractivity contribution is 8.00. The van der Waals surface area contributed by atoms with Crippen LogP contribution in [0.3, 0.4) is 0 Å². The first-order valence-corrected chi connectivity index (χ1v) is 8.97. The van der Waals surface area contributed by atoms with E-state index in [4.69, 9.17) is 11.6 Å². The molecule has 0 saturated heterocycles. The zero-order valence-corrected chi connectivity index (χ0v) is 14.1. The third-order valence-corrected chi connectivity index (χ3v) is 5.43. The van der Waals surface area contributed by atoms with Gasteiger partial charge in [-0.2, -0.15) is 0 Å². The summed E-state index contributed by atoms with van der Waals surface area (Å²) in [5.41, 5.74) is 2.34. The molecular weight excluding hydrogens is 334 g/mol. The molecule has 0 atom stereocenters. The molecule has 3 rings (SSSR count). The van der Waals surface area contributed by atoms with Gasteiger partial charge in [-0.05, 0) is 17.2 Å². The van der Waals surface area contributed by atoms with E-state index >= 15 is 0 Å². The third kappa shape index (κ3) is 4.22. The Kier molecular flexibility index (Phi) is 5.32. The molecule has 0 fully saturated rings. The molecule has 1 aromatic heterocycles. The van der Waals surface area contributed by atoms with Gasteiger partial charge in [0.05, 0.1) is 0 Å². The van der Waals surface area contributed by atoms with Gasteiger partial charge < -0.3 is 5.32 Å². The molecule has 2 aromatic carbocycles. The van der Waals surface area contributed by atoms with E-state index in [0.717, 1.165) is 32.4 Å². The molecule has 112 valence electrons. The van der Waals surface area contributed by atoms with Crippen LogP contribution in [0.15, 0.2) is 58.9 Å². The van der Waals surface area contributed by atoms with E-state index in [1.54, 1.807) is 23.1 Å². The van der Waals surface area contributed by atoms with Crippen LogP contribution >= 0.6 is 34.7 Å². The topological polar surface area (TPSA) is 37.8 Å². The van der Waals surface area contributed by atoms with Gasteiger partial charge >= 0.3 is 0 Å². The lowest BCUT2D eigenvalue weighted by Crippen LogP contribution is -1.98. The maximum Gasteiger partial charge on any atom is 0.206 e. The van der Waals surface area contributed by atoms with Crippen LogP contribution in [0.2, 0.25) is 5.02 Å². The quantitative estimate of drug-likeness (QED) is 0.630. The summed E-state index contributed by atoms with van der Waals surface area (Å²) >= 11 is 9.37. The SMILES string of the molecule is Clc1ccccc1CSc1nnc(NCc2ccccc2)s1. The maximum atomic E-state index is 6.15. The number of nitrogens with zero attached hydrogens (tertiary/aromatic N) is 2. The van der Waals surface area contributed by atoms with Gasteiger partial charge in [-0.3, -0.25) is 0 Å². The predicted molar refractivity (Wildman–Crippen MR) is 94.7 cm³/mol. The number of hydrogen-bond acceptors (Lipinski definition) is 5. The van der Waals surface area contributed by atoms with E-state index in [1.165, 1.54) is 5.56 Å². The Morgan fingerprint density at radius 3 is 2.59 bits per heavy atom. The standard InChI is InChI=1S/C16H14ClN3S2/c17-14-9-5-4-8-13(14)11-21-16-20-19-15(22-16)18-10-12-6-2-1-3-7-12/h1-9H,10-11H2,(H,18,19). The van der Waals surface area contributed by atoms with Gasteiger partial charge in [-0.1, -0.05) is 83.2 Å².